The lowest BCUT2D eigenvalue weighted by molar-refractivity contribution is -0.386. The van der Waals surface area contributed by atoms with Crippen LogP contribution >= 0.6 is 0 Å². The maximum Gasteiger partial charge on any atom is 0.349 e. The Kier molecular flexibility index (Phi) is 4.60. The van der Waals surface area contributed by atoms with Crippen LogP contribution in [0.15, 0.2) is 51.1 Å². The molecule has 0 atom stereocenters. The highest BCUT2D eigenvalue weighted by Crippen LogP contribution is 2.34. The van der Waals surface area contributed by atoms with Crippen LogP contribution in [0.25, 0.3) is 10.9 Å². The zero-order valence-corrected chi connectivity index (χ0v) is 15.5. The van der Waals surface area contributed by atoms with Crippen LogP contribution in [0.3, 0.4) is 0 Å². The Labute approximate surface area is 158 Å². The molecule has 0 saturated heterocycles. The van der Waals surface area contributed by atoms with Crippen LogP contribution in [0.4, 0.5) is 5.69 Å². The van der Waals surface area contributed by atoms with Crippen molar-refractivity contribution in [2.45, 2.75) is 26.2 Å². The molecule has 9 nitrogen and oxygen atoms in total. The monoisotopic (exact) mass is 382 g/mol. The molecule has 28 heavy (non-hydrogen) atoms. The first-order valence-corrected chi connectivity index (χ1v) is 8.40. The number of phenols is 1. The van der Waals surface area contributed by atoms with E-state index in [4.69, 9.17) is 0 Å². The largest absolute Gasteiger partial charge is 0.502 e. The number of phenolic OH excluding ortho intramolecular Hbond substituents is 1. The quantitative estimate of drug-likeness (QED) is 0.408. The topological polar surface area (TPSA) is 131 Å². The van der Waals surface area contributed by atoms with Crippen molar-refractivity contribution >= 4 is 22.8 Å². The molecule has 0 aliphatic heterocycles. The van der Waals surface area contributed by atoms with E-state index >= 15 is 0 Å². The molecular weight excluding hydrogens is 364 g/mol. The van der Waals surface area contributed by atoms with Crippen molar-refractivity contribution < 1.29 is 10.0 Å². The van der Waals surface area contributed by atoms with Crippen LogP contribution in [-0.2, 0) is 5.41 Å². The van der Waals surface area contributed by atoms with Crippen molar-refractivity contribution in [3.05, 3.63) is 78.5 Å². The van der Waals surface area contributed by atoms with Crippen molar-refractivity contribution in [2.75, 3.05) is 0 Å². The second-order valence-corrected chi connectivity index (χ2v) is 7.28. The summed E-state index contributed by atoms with van der Waals surface area (Å²) in [5, 5.41) is 25.6. The normalized spacial score (nSPS) is 12.0. The average Bonchev–Trinajstić information content (AvgIpc) is 2.61. The number of nitrogens with one attached hydrogen (secondary N) is 1. The van der Waals surface area contributed by atoms with Gasteiger partial charge in [0.05, 0.1) is 22.0 Å². The Bertz CT molecular complexity index is 1230. The van der Waals surface area contributed by atoms with E-state index < -0.39 is 33.0 Å². The number of para-hydroxylation sites is 1. The van der Waals surface area contributed by atoms with Crippen LogP contribution in [0, 0.1) is 10.1 Å². The smallest absolute Gasteiger partial charge is 0.349 e. The molecule has 0 spiro atoms. The summed E-state index contributed by atoms with van der Waals surface area (Å²) in [6.07, 6.45) is 1.06. The van der Waals surface area contributed by atoms with E-state index in [0.717, 1.165) is 6.21 Å². The predicted molar refractivity (Wildman–Crippen MR) is 105 cm³/mol. The summed E-state index contributed by atoms with van der Waals surface area (Å²) in [6, 6.07) is 9.29. The van der Waals surface area contributed by atoms with Gasteiger partial charge >= 0.3 is 11.4 Å². The molecule has 0 unspecified atom stereocenters. The third-order valence-electron chi connectivity index (χ3n) is 4.28. The number of fused-ring (bicyclic) bond motifs is 1. The third kappa shape index (κ3) is 3.41. The van der Waals surface area contributed by atoms with Gasteiger partial charge < -0.3 is 10.1 Å². The number of nitro groups is 1. The first-order valence-electron chi connectivity index (χ1n) is 8.40. The van der Waals surface area contributed by atoms with Gasteiger partial charge in [-0.15, -0.1) is 4.68 Å². The number of aromatic amines is 1. The minimum Gasteiger partial charge on any atom is -0.502 e. The molecular formula is C19H18N4O5. The predicted octanol–water partition coefficient (Wildman–Crippen LogP) is 2.48. The summed E-state index contributed by atoms with van der Waals surface area (Å²) < 4.78 is 0.609. The number of hydrogen-bond donors (Lipinski definition) is 2. The molecule has 0 aliphatic carbocycles. The Balaban J connectivity index is 2.19. The molecule has 0 radical (unpaired) electrons. The SMILES string of the molecule is CC(C)(C)c1cc(C=Nn2c(=O)[nH]c3ccccc3c2=O)c(O)c([N+](=O)[O-])c1. The first kappa shape index (κ1) is 19.0. The number of H-pyrrole nitrogens is 1. The summed E-state index contributed by atoms with van der Waals surface area (Å²) in [5.41, 5.74) is -1.32. The van der Waals surface area contributed by atoms with E-state index in [-0.39, 0.29) is 10.9 Å². The van der Waals surface area contributed by atoms with Crippen LogP contribution in [0.2, 0.25) is 0 Å². The fourth-order valence-corrected chi connectivity index (χ4v) is 2.69. The maximum absolute atomic E-state index is 12.5. The lowest BCUT2D eigenvalue weighted by atomic mass is 9.85. The third-order valence-corrected chi connectivity index (χ3v) is 4.28. The second-order valence-electron chi connectivity index (χ2n) is 7.28. The fourth-order valence-electron chi connectivity index (χ4n) is 2.69. The molecule has 144 valence electrons. The van der Waals surface area contributed by atoms with Crippen molar-refractivity contribution in [3.63, 3.8) is 0 Å². The average molecular weight is 382 g/mol. The van der Waals surface area contributed by atoms with Gasteiger partial charge in [-0.3, -0.25) is 14.9 Å². The minimum atomic E-state index is -0.763. The highest BCUT2D eigenvalue weighted by atomic mass is 16.6. The molecule has 0 saturated carbocycles. The van der Waals surface area contributed by atoms with Crippen molar-refractivity contribution in [3.8, 4) is 5.75 Å². The summed E-state index contributed by atoms with van der Waals surface area (Å²) in [6.45, 7) is 5.59. The Morgan fingerprint density at radius 1 is 1.21 bits per heavy atom. The van der Waals surface area contributed by atoms with Crippen LogP contribution in [-0.4, -0.2) is 25.9 Å². The van der Waals surface area contributed by atoms with E-state index in [2.05, 4.69) is 10.1 Å². The summed E-state index contributed by atoms with van der Waals surface area (Å²) in [7, 11) is 0. The van der Waals surface area contributed by atoms with Crippen LogP contribution in [0.5, 0.6) is 5.75 Å². The van der Waals surface area contributed by atoms with E-state index in [1.54, 1.807) is 24.3 Å². The zero-order chi connectivity index (χ0) is 20.6. The van der Waals surface area contributed by atoms with Crippen LogP contribution < -0.4 is 11.2 Å². The number of rotatable bonds is 3. The van der Waals surface area contributed by atoms with E-state index in [0.29, 0.717) is 15.8 Å². The van der Waals surface area contributed by atoms with Gasteiger partial charge in [-0.2, -0.15) is 5.10 Å². The number of nitrogens with zero attached hydrogens (tertiary/aromatic N) is 3. The highest BCUT2D eigenvalue weighted by Gasteiger charge is 2.23. The van der Waals surface area contributed by atoms with Gasteiger partial charge in [0.15, 0.2) is 0 Å². The molecule has 2 aromatic carbocycles. The molecule has 1 aromatic heterocycles. The van der Waals surface area contributed by atoms with Crippen molar-refractivity contribution in [1.82, 2.24) is 9.66 Å². The van der Waals surface area contributed by atoms with Gasteiger partial charge in [0.25, 0.3) is 5.56 Å². The molecule has 1 heterocycles. The molecule has 3 rings (SSSR count). The molecule has 3 aromatic rings. The maximum atomic E-state index is 12.5. The number of benzene rings is 2. The van der Waals surface area contributed by atoms with E-state index in [1.807, 2.05) is 20.8 Å². The van der Waals surface area contributed by atoms with Crippen LogP contribution in [0.1, 0.15) is 31.9 Å². The zero-order valence-electron chi connectivity index (χ0n) is 15.5. The van der Waals surface area contributed by atoms with Crippen molar-refractivity contribution in [2.24, 2.45) is 5.10 Å². The Morgan fingerprint density at radius 3 is 2.54 bits per heavy atom. The summed E-state index contributed by atoms with van der Waals surface area (Å²) >= 11 is 0. The standard InChI is InChI=1S/C19H18N4O5/c1-19(2,3)12-8-11(16(24)15(9-12)23(27)28)10-20-22-17(25)13-6-4-5-7-14(13)21-18(22)26/h4-10,24H,1-3H3,(H,21,26). The molecule has 0 amide bonds. The Morgan fingerprint density at radius 2 is 1.89 bits per heavy atom. The lowest BCUT2D eigenvalue weighted by Gasteiger charge is -2.19. The number of hydrogen-bond acceptors (Lipinski definition) is 6. The summed E-state index contributed by atoms with van der Waals surface area (Å²) in [5.74, 6) is -0.591. The van der Waals surface area contributed by atoms with Gasteiger partial charge in [0, 0.05) is 11.6 Å². The number of nitro benzene ring substituents is 1. The minimum absolute atomic E-state index is 0.0265. The Hall–Kier alpha value is -3.75. The number of aromatic nitrogens is 2. The molecule has 9 heteroatoms. The summed E-state index contributed by atoms with van der Waals surface area (Å²) in [4.78, 5) is 37.8. The van der Waals surface area contributed by atoms with Gasteiger partial charge in [-0.1, -0.05) is 32.9 Å². The molecule has 0 bridgehead atoms. The van der Waals surface area contributed by atoms with E-state index in [1.165, 1.54) is 12.1 Å². The molecule has 0 fully saturated rings. The number of aromatic hydroxyl groups is 1. The first-order chi connectivity index (χ1) is 13.1. The van der Waals surface area contributed by atoms with Gasteiger partial charge in [0.2, 0.25) is 5.75 Å². The van der Waals surface area contributed by atoms with Crippen molar-refractivity contribution in [1.29, 1.82) is 0 Å². The van der Waals surface area contributed by atoms with E-state index in [9.17, 15) is 24.8 Å². The highest BCUT2D eigenvalue weighted by molar-refractivity contribution is 5.86. The molecule has 2 N–H and O–H groups in total. The van der Waals surface area contributed by atoms with Gasteiger partial charge in [0.1, 0.15) is 0 Å². The van der Waals surface area contributed by atoms with Gasteiger partial charge in [-0.25, -0.2) is 4.79 Å². The van der Waals surface area contributed by atoms with Gasteiger partial charge in [-0.05, 0) is 29.2 Å². The lowest BCUT2D eigenvalue weighted by Crippen LogP contribution is -2.32. The molecule has 0 aliphatic rings. The second kappa shape index (κ2) is 6.76. The fraction of sp³-hybridized carbons (Fsp3) is 0.211.